The van der Waals surface area contributed by atoms with Gasteiger partial charge in [0, 0.05) is 25.0 Å². The molecule has 0 aromatic rings. The molecule has 2 atom stereocenters. The molecule has 24 heavy (non-hydrogen) atoms. The average molecular weight is 388 g/mol. The van der Waals surface area contributed by atoms with E-state index in [9.17, 15) is 26.4 Å². The van der Waals surface area contributed by atoms with Crippen molar-refractivity contribution in [2.75, 3.05) is 0 Å². The second-order valence-corrected chi connectivity index (χ2v) is 7.78. The summed E-state index contributed by atoms with van der Waals surface area (Å²) in [5, 5.41) is 0. The molecule has 0 radical (unpaired) electrons. The lowest BCUT2D eigenvalue weighted by Crippen LogP contribution is -2.27. The summed E-state index contributed by atoms with van der Waals surface area (Å²) in [5.41, 5.74) is -3.55. The highest BCUT2D eigenvalue weighted by molar-refractivity contribution is 7.86. The van der Waals surface area contributed by atoms with E-state index < -0.39 is 43.0 Å². The molecule has 0 aromatic heterocycles. The summed E-state index contributed by atoms with van der Waals surface area (Å²) in [7, 11) is -9.22. The van der Waals surface area contributed by atoms with Gasteiger partial charge in [0.15, 0.2) is 0 Å². The first kappa shape index (κ1) is 22.5. The van der Waals surface area contributed by atoms with Crippen LogP contribution in [0.4, 0.5) is 0 Å². The highest BCUT2D eigenvalue weighted by atomic mass is 32.2. The van der Waals surface area contributed by atoms with Crippen LogP contribution in [0, 0.1) is 0 Å². The SMILES string of the molecule is CCCC(OC(=O)C=CC(=O)OC(CCC)S(=O)(=O)O)S(=O)(=O)O. The first-order chi connectivity index (χ1) is 10.9. The van der Waals surface area contributed by atoms with Gasteiger partial charge in [0.2, 0.25) is 10.9 Å². The monoisotopic (exact) mass is 388 g/mol. The van der Waals surface area contributed by atoms with Gasteiger partial charge >= 0.3 is 32.2 Å². The smallest absolute Gasteiger partial charge is 0.332 e. The van der Waals surface area contributed by atoms with E-state index in [-0.39, 0.29) is 12.8 Å². The Bertz CT molecular complexity index is 604. The van der Waals surface area contributed by atoms with Gasteiger partial charge in [-0.1, -0.05) is 26.7 Å². The second-order valence-electron chi connectivity index (χ2n) is 4.67. The number of rotatable bonds is 10. The van der Waals surface area contributed by atoms with Crippen molar-refractivity contribution >= 4 is 32.2 Å². The maximum absolute atomic E-state index is 11.4. The molecular weight excluding hydrogens is 368 g/mol. The molecular formula is C12H20O10S2. The van der Waals surface area contributed by atoms with Crippen LogP contribution in [0.1, 0.15) is 39.5 Å². The Labute approximate surface area is 140 Å². The number of carbonyl (C=O) groups is 2. The Balaban J connectivity index is 4.82. The first-order valence-corrected chi connectivity index (χ1v) is 9.94. The van der Waals surface area contributed by atoms with Crippen LogP contribution in [0.3, 0.4) is 0 Å². The van der Waals surface area contributed by atoms with Crippen molar-refractivity contribution < 1.29 is 45.0 Å². The highest BCUT2D eigenvalue weighted by Crippen LogP contribution is 2.11. The normalized spacial score (nSPS) is 15.0. The van der Waals surface area contributed by atoms with E-state index in [4.69, 9.17) is 9.11 Å². The molecule has 0 saturated carbocycles. The van der Waals surface area contributed by atoms with Gasteiger partial charge in [0.05, 0.1) is 0 Å². The molecule has 0 aliphatic rings. The van der Waals surface area contributed by atoms with Gasteiger partial charge in [0.25, 0.3) is 0 Å². The standard InChI is InChI=1S/C12H20O10S2/c1-3-5-11(23(15,16)17)21-9(13)7-8-10(14)22-12(6-4-2)24(18,19)20/h7-8,11-12H,3-6H2,1-2H3,(H,15,16,17)(H,18,19,20). The summed E-state index contributed by atoms with van der Waals surface area (Å²) >= 11 is 0. The van der Waals surface area contributed by atoms with Crippen molar-refractivity contribution in [3.63, 3.8) is 0 Å². The molecule has 0 rings (SSSR count). The molecule has 0 fully saturated rings. The first-order valence-electron chi connectivity index (χ1n) is 6.93. The minimum atomic E-state index is -4.61. The van der Waals surface area contributed by atoms with Crippen molar-refractivity contribution in [2.45, 2.75) is 50.4 Å². The molecule has 2 N–H and O–H groups in total. The molecule has 140 valence electrons. The largest absolute Gasteiger partial charge is 0.440 e. The summed E-state index contributed by atoms with van der Waals surface area (Å²) in [6, 6.07) is 0. The Morgan fingerprint density at radius 1 is 0.833 bits per heavy atom. The maximum atomic E-state index is 11.4. The number of carbonyl (C=O) groups excluding carboxylic acids is 2. The fourth-order valence-corrected chi connectivity index (χ4v) is 2.98. The Hall–Kier alpha value is -1.50. The predicted octanol–water partition coefficient (Wildman–Crippen LogP) is 0.657. The van der Waals surface area contributed by atoms with Gasteiger partial charge in [-0.2, -0.15) is 16.8 Å². The summed E-state index contributed by atoms with van der Waals surface area (Å²) in [6.45, 7) is 3.20. The van der Waals surface area contributed by atoms with E-state index in [0.29, 0.717) is 25.0 Å². The van der Waals surface area contributed by atoms with Gasteiger partial charge in [0.1, 0.15) is 0 Å². The van der Waals surface area contributed by atoms with E-state index in [1.807, 2.05) is 0 Å². The van der Waals surface area contributed by atoms with E-state index >= 15 is 0 Å². The summed E-state index contributed by atoms with van der Waals surface area (Å²) in [5.74, 6) is -2.50. The zero-order chi connectivity index (χ0) is 19.0. The average Bonchev–Trinajstić information content (AvgIpc) is 2.42. The summed E-state index contributed by atoms with van der Waals surface area (Å²) < 4.78 is 70.7. The molecule has 0 aliphatic carbocycles. The quantitative estimate of drug-likeness (QED) is 0.309. The van der Waals surface area contributed by atoms with Gasteiger partial charge < -0.3 is 9.47 Å². The second kappa shape index (κ2) is 9.71. The molecule has 0 heterocycles. The fourth-order valence-electron chi connectivity index (χ4n) is 1.48. The van der Waals surface area contributed by atoms with E-state index in [0.717, 1.165) is 0 Å². The van der Waals surface area contributed by atoms with Crippen molar-refractivity contribution in [3.05, 3.63) is 12.2 Å². The third-order valence-corrected chi connectivity index (χ3v) is 4.56. The van der Waals surface area contributed by atoms with E-state index in [2.05, 4.69) is 9.47 Å². The van der Waals surface area contributed by atoms with Crippen LogP contribution >= 0.6 is 0 Å². The van der Waals surface area contributed by atoms with Crippen LogP contribution in [-0.4, -0.2) is 48.8 Å². The lowest BCUT2D eigenvalue weighted by atomic mass is 10.3. The zero-order valence-corrected chi connectivity index (χ0v) is 14.7. The molecule has 0 spiro atoms. The van der Waals surface area contributed by atoms with Gasteiger partial charge in [-0.05, 0) is 0 Å². The maximum Gasteiger partial charge on any atom is 0.332 e. The molecule has 0 aromatic carbocycles. The molecule has 0 aliphatic heterocycles. The van der Waals surface area contributed by atoms with Crippen LogP contribution in [0.15, 0.2) is 12.2 Å². The fraction of sp³-hybridized carbons (Fsp3) is 0.667. The third kappa shape index (κ3) is 8.96. The molecule has 12 heteroatoms. The topological polar surface area (TPSA) is 161 Å². The van der Waals surface area contributed by atoms with Crippen molar-refractivity contribution in [1.82, 2.24) is 0 Å². The Morgan fingerprint density at radius 2 is 1.12 bits per heavy atom. The number of hydrogen-bond acceptors (Lipinski definition) is 8. The molecule has 0 bridgehead atoms. The number of hydrogen-bond donors (Lipinski definition) is 2. The lowest BCUT2D eigenvalue weighted by Gasteiger charge is -2.13. The summed E-state index contributed by atoms with van der Waals surface area (Å²) in [6.07, 6.45) is 1.34. The Morgan fingerprint density at radius 3 is 1.33 bits per heavy atom. The summed E-state index contributed by atoms with van der Waals surface area (Å²) in [4.78, 5) is 22.9. The zero-order valence-electron chi connectivity index (χ0n) is 13.1. The highest BCUT2D eigenvalue weighted by Gasteiger charge is 2.27. The molecule has 0 saturated heterocycles. The number of ether oxygens (including phenoxy) is 2. The van der Waals surface area contributed by atoms with Gasteiger partial charge in [-0.15, -0.1) is 0 Å². The molecule has 2 unspecified atom stereocenters. The minimum Gasteiger partial charge on any atom is -0.440 e. The predicted molar refractivity (Wildman–Crippen MR) is 81.8 cm³/mol. The lowest BCUT2D eigenvalue weighted by molar-refractivity contribution is -0.142. The Kier molecular flexibility index (Phi) is 9.11. The van der Waals surface area contributed by atoms with Crippen molar-refractivity contribution in [1.29, 1.82) is 0 Å². The van der Waals surface area contributed by atoms with E-state index in [1.165, 1.54) is 0 Å². The van der Waals surface area contributed by atoms with Crippen LogP contribution < -0.4 is 0 Å². The molecule has 10 nitrogen and oxygen atoms in total. The van der Waals surface area contributed by atoms with Crippen LogP contribution in [0.5, 0.6) is 0 Å². The van der Waals surface area contributed by atoms with Gasteiger partial charge in [-0.3, -0.25) is 9.11 Å². The third-order valence-electron chi connectivity index (χ3n) is 2.56. The number of esters is 2. The van der Waals surface area contributed by atoms with Crippen molar-refractivity contribution in [2.24, 2.45) is 0 Å². The van der Waals surface area contributed by atoms with Crippen LogP contribution in [0.25, 0.3) is 0 Å². The minimum absolute atomic E-state index is 0.149. The van der Waals surface area contributed by atoms with Crippen molar-refractivity contribution in [3.8, 4) is 0 Å². The van der Waals surface area contributed by atoms with Crippen LogP contribution in [-0.2, 0) is 39.3 Å². The van der Waals surface area contributed by atoms with Gasteiger partial charge in [-0.25, -0.2) is 9.59 Å². The van der Waals surface area contributed by atoms with E-state index in [1.54, 1.807) is 13.8 Å². The van der Waals surface area contributed by atoms with Crippen LogP contribution in [0.2, 0.25) is 0 Å². The molecule has 0 amide bonds.